The molecule has 0 aromatic rings. The van der Waals surface area contributed by atoms with Crippen molar-refractivity contribution in [2.75, 3.05) is 54.0 Å². The highest BCUT2D eigenvalue weighted by molar-refractivity contribution is 5.83. The van der Waals surface area contributed by atoms with Crippen molar-refractivity contribution in [3.63, 3.8) is 0 Å². The minimum absolute atomic E-state index is 0.297. The van der Waals surface area contributed by atoms with E-state index >= 15 is 0 Å². The summed E-state index contributed by atoms with van der Waals surface area (Å²) in [6, 6.07) is 0.376. The predicted molar refractivity (Wildman–Crippen MR) is 79.7 cm³/mol. The molecule has 1 amide bonds. The van der Waals surface area contributed by atoms with Gasteiger partial charge in [-0.25, -0.2) is 0 Å². The van der Waals surface area contributed by atoms with Crippen LogP contribution in [0.4, 0.5) is 0 Å². The summed E-state index contributed by atoms with van der Waals surface area (Å²) < 4.78 is 5.40. The molecule has 116 valence electrons. The molecule has 1 atom stereocenters. The predicted octanol–water partition coefficient (Wildman–Crippen LogP) is 0.555. The molecule has 0 aromatic carbocycles. The van der Waals surface area contributed by atoms with E-state index in [4.69, 9.17) is 4.74 Å². The SMILES string of the molecule is COCC1(C(=O)N2CCCC2CN(C)C)CCNCC1. The Morgan fingerprint density at radius 1 is 1.40 bits per heavy atom. The molecule has 5 nitrogen and oxygen atoms in total. The van der Waals surface area contributed by atoms with Crippen molar-refractivity contribution in [3.05, 3.63) is 0 Å². The Balaban J connectivity index is 2.10. The van der Waals surface area contributed by atoms with Crippen LogP contribution < -0.4 is 5.32 Å². The lowest BCUT2D eigenvalue weighted by atomic mass is 9.78. The fraction of sp³-hybridized carbons (Fsp3) is 0.933. The van der Waals surface area contributed by atoms with Crippen LogP contribution in [0, 0.1) is 5.41 Å². The van der Waals surface area contributed by atoms with Crippen molar-refractivity contribution in [3.8, 4) is 0 Å². The van der Waals surface area contributed by atoms with Gasteiger partial charge in [-0.1, -0.05) is 0 Å². The van der Waals surface area contributed by atoms with Gasteiger partial charge in [-0.15, -0.1) is 0 Å². The summed E-state index contributed by atoms with van der Waals surface area (Å²) in [6.45, 7) is 4.27. The molecule has 2 saturated heterocycles. The summed E-state index contributed by atoms with van der Waals surface area (Å²) in [5, 5.41) is 3.35. The Morgan fingerprint density at radius 3 is 2.70 bits per heavy atom. The molecule has 2 heterocycles. The number of nitrogens with one attached hydrogen (secondary N) is 1. The largest absolute Gasteiger partial charge is 0.384 e. The molecule has 2 aliphatic heterocycles. The maximum Gasteiger partial charge on any atom is 0.231 e. The van der Waals surface area contributed by atoms with Gasteiger partial charge < -0.3 is 19.9 Å². The molecule has 1 N–H and O–H groups in total. The van der Waals surface area contributed by atoms with Crippen LogP contribution in [-0.4, -0.2) is 75.7 Å². The number of likely N-dealkylation sites (N-methyl/N-ethyl adjacent to an activating group) is 1. The van der Waals surface area contributed by atoms with Gasteiger partial charge >= 0.3 is 0 Å². The lowest BCUT2D eigenvalue weighted by molar-refractivity contribution is -0.148. The first-order chi connectivity index (χ1) is 9.59. The minimum atomic E-state index is -0.297. The summed E-state index contributed by atoms with van der Waals surface area (Å²) in [7, 11) is 5.87. The summed E-state index contributed by atoms with van der Waals surface area (Å²) in [5.74, 6) is 0.324. The Hall–Kier alpha value is -0.650. The number of methoxy groups -OCH3 is 1. The molecule has 2 fully saturated rings. The van der Waals surface area contributed by atoms with Crippen molar-refractivity contribution in [2.24, 2.45) is 5.41 Å². The highest BCUT2D eigenvalue weighted by Crippen LogP contribution is 2.34. The molecule has 2 rings (SSSR count). The van der Waals surface area contributed by atoms with Gasteiger partial charge in [0.25, 0.3) is 0 Å². The smallest absolute Gasteiger partial charge is 0.231 e. The average molecular weight is 283 g/mol. The van der Waals surface area contributed by atoms with Crippen LogP contribution in [0.25, 0.3) is 0 Å². The number of piperidine rings is 1. The number of hydrogen-bond donors (Lipinski definition) is 1. The zero-order chi connectivity index (χ0) is 14.6. The number of rotatable bonds is 5. The van der Waals surface area contributed by atoms with Gasteiger partial charge in [-0.2, -0.15) is 0 Å². The maximum absolute atomic E-state index is 13.1. The first-order valence-corrected chi connectivity index (χ1v) is 7.74. The molecule has 20 heavy (non-hydrogen) atoms. The number of ether oxygens (including phenoxy) is 1. The van der Waals surface area contributed by atoms with Gasteiger partial charge in [0, 0.05) is 26.2 Å². The fourth-order valence-electron chi connectivity index (χ4n) is 3.62. The lowest BCUT2D eigenvalue weighted by Crippen LogP contribution is -2.54. The molecule has 0 spiro atoms. The van der Waals surface area contributed by atoms with E-state index in [0.717, 1.165) is 51.9 Å². The number of carbonyl (C=O) groups excluding carboxylic acids is 1. The van der Waals surface area contributed by atoms with Crippen LogP contribution in [0.1, 0.15) is 25.7 Å². The quantitative estimate of drug-likeness (QED) is 0.800. The zero-order valence-corrected chi connectivity index (χ0v) is 13.2. The molecule has 0 radical (unpaired) electrons. The van der Waals surface area contributed by atoms with Crippen LogP contribution in [0.5, 0.6) is 0 Å². The number of carbonyl (C=O) groups is 1. The second kappa shape index (κ2) is 6.87. The normalized spacial score (nSPS) is 26.2. The molecule has 2 aliphatic rings. The molecule has 0 saturated carbocycles. The standard InChI is InChI=1S/C15H29N3O2/c1-17(2)11-13-5-4-10-18(13)14(19)15(12-20-3)6-8-16-9-7-15/h13,16H,4-12H2,1-3H3. The van der Waals surface area contributed by atoms with E-state index < -0.39 is 0 Å². The molecule has 5 heteroatoms. The van der Waals surface area contributed by atoms with E-state index in [0.29, 0.717) is 18.6 Å². The number of amides is 1. The lowest BCUT2D eigenvalue weighted by Gasteiger charge is -2.40. The van der Waals surface area contributed by atoms with E-state index in [1.165, 1.54) is 0 Å². The number of likely N-dealkylation sites (tertiary alicyclic amines) is 1. The van der Waals surface area contributed by atoms with Gasteiger partial charge in [0.1, 0.15) is 0 Å². The van der Waals surface area contributed by atoms with Crippen LogP contribution >= 0.6 is 0 Å². The first kappa shape index (κ1) is 15.7. The highest BCUT2D eigenvalue weighted by Gasteiger charge is 2.44. The highest BCUT2D eigenvalue weighted by atomic mass is 16.5. The van der Waals surface area contributed by atoms with Gasteiger partial charge in [0.2, 0.25) is 5.91 Å². The van der Waals surface area contributed by atoms with E-state index in [2.05, 4.69) is 29.2 Å². The van der Waals surface area contributed by atoms with E-state index in [1.54, 1.807) is 7.11 Å². The summed E-state index contributed by atoms with van der Waals surface area (Å²) >= 11 is 0. The van der Waals surface area contributed by atoms with Gasteiger partial charge in [0.15, 0.2) is 0 Å². The van der Waals surface area contributed by atoms with Crippen LogP contribution in [0.2, 0.25) is 0 Å². The van der Waals surface area contributed by atoms with Crippen molar-refractivity contribution in [1.82, 2.24) is 15.1 Å². The fourth-order valence-corrected chi connectivity index (χ4v) is 3.62. The summed E-state index contributed by atoms with van der Waals surface area (Å²) in [4.78, 5) is 17.4. The van der Waals surface area contributed by atoms with E-state index in [9.17, 15) is 4.79 Å². The van der Waals surface area contributed by atoms with Crippen LogP contribution in [-0.2, 0) is 9.53 Å². The third kappa shape index (κ3) is 3.32. The van der Waals surface area contributed by atoms with Gasteiger partial charge in [-0.3, -0.25) is 4.79 Å². The third-order valence-electron chi connectivity index (χ3n) is 4.65. The van der Waals surface area contributed by atoms with Crippen molar-refractivity contribution in [2.45, 2.75) is 31.7 Å². The van der Waals surface area contributed by atoms with Gasteiger partial charge in [0.05, 0.1) is 12.0 Å². The third-order valence-corrected chi connectivity index (χ3v) is 4.65. The maximum atomic E-state index is 13.1. The second-order valence-corrected chi connectivity index (χ2v) is 6.52. The number of hydrogen-bond acceptors (Lipinski definition) is 4. The van der Waals surface area contributed by atoms with Crippen molar-refractivity contribution < 1.29 is 9.53 Å². The Bertz CT molecular complexity index is 322. The topological polar surface area (TPSA) is 44.8 Å². The average Bonchev–Trinajstić information content (AvgIpc) is 2.86. The molecular weight excluding hydrogens is 254 g/mol. The molecule has 1 unspecified atom stereocenters. The second-order valence-electron chi connectivity index (χ2n) is 6.52. The summed E-state index contributed by atoms with van der Waals surface area (Å²) in [6.07, 6.45) is 4.05. The Labute approximate surface area is 122 Å². The van der Waals surface area contributed by atoms with E-state index in [1.807, 2.05) is 0 Å². The Morgan fingerprint density at radius 2 is 2.10 bits per heavy atom. The molecule has 0 aromatic heterocycles. The Kier molecular flexibility index (Phi) is 5.41. The zero-order valence-electron chi connectivity index (χ0n) is 13.2. The summed E-state index contributed by atoms with van der Waals surface area (Å²) in [5.41, 5.74) is -0.297. The van der Waals surface area contributed by atoms with Crippen LogP contribution in [0.3, 0.4) is 0 Å². The molecule has 0 bridgehead atoms. The number of nitrogens with zero attached hydrogens (tertiary/aromatic N) is 2. The molecule has 0 aliphatic carbocycles. The van der Waals surface area contributed by atoms with Crippen molar-refractivity contribution in [1.29, 1.82) is 0 Å². The minimum Gasteiger partial charge on any atom is -0.384 e. The van der Waals surface area contributed by atoms with Crippen LogP contribution in [0.15, 0.2) is 0 Å². The molecular formula is C15H29N3O2. The monoisotopic (exact) mass is 283 g/mol. The van der Waals surface area contributed by atoms with E-state index in [-0.39, 0.29) is 5.41 Å². The van der Waals surface area contributed by atoms with Gasteiger partial charge in [-0.05, 0) is 52.9 Å². The first-order valence-electron chi connectivity index (χ1n) is 7.74. The van der Waals surface area contributed by atoms with Crippen molar-refractivity contribution >= 4 is 5.91 Å².